The third-order valence-corrected chi connectivity index (χ3v) is 5.16. The molecule has 2 aromatic rings. The van der Waals surface area contributed by atoms with Gasteiger partial charge in [-0.25, -0.2) is 4.98 Å². The van der Waals surface area contributed by atoms with Crippen LogP contribution in [0.1, 0.15) is 18.7 Å². The number of anilines is 1. The highest BCUT2D eigenvalue weighted by Gasteiger charge is 2.40. The lowest BCUT2D eigenvalue weighted by Crippen LogP contribution is -2.59. The molecule has 24 heavy (non-hydrogen) atoms. The second kappa shape index (κ2) is 6.53. The van der Waals surface area contributed by atoms with Gasteiger partial charge in [-0.3, -0.25) is 9.88 Å². The first-order chi connectivity index (χ1) is 11.7. The standard InChI is InChI=1S/C18H25N5O/c1-21-9-7-20-17(21)13-22-10-11-24-18(14-22)5-3-8-23(15-18)16-4-2-6-19-12-16/h2,4,6-7,9,12H,3,5,8,10-11,13-15H2,1H3. The van der Waals surface area contributed by atoms with Crippen LogP contribution in [0.15, 0.2) is 36.9 Å². The van der Waals surface area contributed by atoms with E-state index >= 15 is 0 Å². The second-order valence-corrected chi connectivity index (χ2v) is 6.93. The Labute approximate surface area is 143 Å². The van der Waals surface area contributed by atoms with Crippen LogP contribution in [-0.2, 0) is 18.3 Å². The molecule has 1 spiro atoms. The molecule has 128 valence electrons. The molecule has 2 fully saturated rings. The smallest absolute Gasteiger partial charge is 0.122 e. The van der Waals surface area contributed by atoms with Gasteiger partial charge in [-0.2, -0.15) is 0 Å². The van der Waals surface area contributed by atoms with Crippen molar-refractivity contribution >= 4 is 5.69 Å². The van der Waals surface area contributed by atoms with Crippen LogP contribution >= 0.6 is 0 Å². The van der Waals surface area contributed by atoms with E-state index < -0.39 is 0 Å². The van der Waals surface area contributed by atoms with Gasteiger partial charge in [0.2, 0.25) is 0 Å². The van der Waals surface area contributed by atoms with E-state index in [1.807, 2.05) is 30.9 Å². The summed E-state index contributed by atoms with van der Waals surface area (Å²) in [5.41, 5.74) is 1.12. The van der Waals surface area contributed by atoms with Gasteiger partial charge < -0.3 is 14.2 Å². The molecule has 0 radical (unpaired) electrons. The molecule has 6 heteroatoms. The maximum atomic E-state index is 6.31. The fourth-order valence-corrected chi connectivity index (χ4v) is 3.91. The van der Waals surface area contributed by atoms with Gasteiger partial charge in [0, 0.05) is 51.8 Å². The molecule has 0 aromatic carbocycles. The van der Waals surface area contributed by atoms with Crippen molar-refractivity contribution in [1.82, 2.24) is 19.4 Å². The van der Waals surface area contributed by atoms with Gasteiger partial charge >= 0.3 is 0 Å². The van der Waals surface area contributed by atoms with Crippen molar-refractivity contribution in [3.8, 4) is 0 Å². The molecule has 2 aliphatic rings. The molecule has 0 saturated carbocycles. The van der Waals surface area contributed by atoms with Gasteiger partial charge in [0.05, 0.1) is 30.6 Å². The summed E-state index contributed by atoms with van der Waals surface area (Å²) in [5.74, 6) is 1.12. The topological polar surface area (TPSA) is 46.4 Å². The predicted octanol–water partition coefficient (Wildman–Crippen LogP) is 1.69. The Balaban J connectivity index is 1.46. The van der Waals surface area contributed by atoms with Gasteiger partial charge in [-0.1, -0.05) is 0 Å². The largest absolute Gasteiger partial charge is 0.370 e. The Morgan fingerprint density at radius 3 is 3.00 bits per heavy atom. The first-order valence-electron chi connectivity index (χ1n) is 8.72. The van der Waals surface area contributed by atoms with Gasteiger partial charge in [-0.05, 0) is 25.0 Å². The molecule has 4 heterocycles. The number of ether oxygens (including phenoxy) is 1. The van der Waals surface area contributed by atoms with Crippen LogP contribution in [-0.4, -0.2) is 57.8 Å². The maximum absolute atomic E-state index is 6.31. The van der Waals surface area contributed by atoms with Crippen molar-refractivity contribution < 1.29 is 4.74 Å². The molecule has 0 amide bonds. The lowest BCUT2D eigenvalue weighted by molar-refractivity contribution is -0.116. The van der Waals surface area contributed by atoms with Gasteiger partial charge in [0.1, 0.15) is 5.82 Å². The lowest BCUT2D eigenvalue weighted by atomic mass is 9.90. The van der Waals surface area contributed by atoms with Crippen LogP contribution < -0.4 is 4.90 Å². The average Bonchev–Trinajstić information content (AvgIpc) is 3.01. The van der Waals surface area contributed by atoms with E-state index in [1.165, 1.54) is 5.69 Å². The summed E-state index contributed by atoms with van der Waals surface area (Å²) in [5, 5.41) is 0. The fraction of sp³-hybridized carbons (Fsp3) is 0.556. The van der Waals surface area contributed by atoms with E-state index in [0.29, 0.717) is 0 Å². The van der Waals surface area contributed by atoms with Crippen LogP contribution in [0, 0.1) is 0 Å². The number of imidazole rings is 1. The first kappa shape index (κ1) is 15.6. The number of morpholine rings is 1. The third kappa shape index (κ3) is 3.16. The Hall–Kier alpha value is -1.92. The average molecular weight is 327 g/mol. The normalized spacial score (nSPS) is 25.3. The molecule has 4 rings (SSSR count). The molecule has 2 saturated heterocycles. The number of hydrogen-bond donors (Lipinski definition) is 0. The highest BCUT2D eigenvalue weighted by molar-refractivity contribution is 5.44. The van der Waals surface area contributed by atoms with Crippen LogP contribution in [0.2, 0.25) is 0 Å². The molecule has 0 aliphatic carbocycles. The third-order valence-electron chi connectivity index (χ3n) is 5.16. The molecule has 1 atom stereocenters. The summed E-state index contributed by atoms with van der Waals surface area (Å²) in [6.45, 7) is 5.65. The van der Waals surface area contributed by atoms with Crippen molar-refractivity contribution in [1.29, 1.82) is 0 Å². The zero-order valence-electron chi connectivity index (χ0n) is 14.3. The number of rotatable bonds is 3. The number of pyridine rings is 1. The van der Waals surface area contributed by atoms with Crippen molar-refractivity contribution in [3.05, 3.63) is 42.7 Å². The second-order valence-electron chi connectivity index (χ2n) is 6.93. The van der Waals surface area contributed by atoms with Gasteiger partial charge in [0.15, 0.2) is 0 Å². The summed E-state index contributed by atoms with van der Waals surface area (Å²) in [7, 11) is 2.06. The van der Waals surface area contributed by atoms with E-state index in [-0.39, 0.29) is 5.60 Å². The highest BCUT2D eigenvalue weighted by atomic mass is 16.5. The molecular formula is C18H25N5O. The van der Waals surface area contributed by atoms with Crippen LogP contribution in [0.3, 0.4) is 0 Å². The molecule has 2 aliphatic heterocycles. The van der Waals surface area contributed by atoms with Crippen LogP contribution in [0.25, 0.3) is 0 Å². The molecule has 0 bridgehead atoms. The zero-order valence-corrected chi connectivity index (χ0v) is 14.3. The zero-order chi connectivity index (χ0) is 16.4. The van der Waals surface area contributed by atoms with E-state index in [0.717, 1.165) is 58.0 Å². The van der Waals surface area contributed by atoms with E-state index in [1.54, 1.807) is 0 Å². The minimum atomic E-state index is -0.0719. The summed E-state index contributed by atoms with van der Waals surface area (Å²) in [6, 6.07) is 4.15. The van der Waals surface area contributed by atoms with Crippen molar-refractivity contribution in [2.45, 2.75) is 25.0 Å². The van der Waals surface area contributed by atoms with E-state index in [9.17, 15) is 0 Å². The number of aryl methyl sites for hydroxylation is 1. The quantitative estimate of drug-likeness (QED) is 0.858. The van der Waals surface area contributed by atoms with Crippen molar-refractivity contribution in [2.75, 3.05) is 37.7 Å². The maximum Gasteiger partial charge on any atom is 0.122 e. The number of nitrogens with zero attached hydrogens (tertiary/aromatic N) is 5. The number of piperidine rings is 1. The Morgan fingerprint density at radius 2 is 2.21 bits per heavy atom. The highest BCUT2D eigenvalue weighted by Crippen LogP contribution is 2.31. The van der Waals surface area contributed by atoms with Gasteiger partial charge in [0.25, 0.3) is 0 Å². The predicted molar refractivity (Wildman–Crippen MR) is 92.9 cm³/mol. The Kier molecular flexibility index (Phi) is 4.24. The monoisotopic (exact) mass is 327 g/mol. The van der Waals surface area contributed by atoms with Gasteiger partial charge in [-0.15, -0.1) is 0 Å². The molecular weight excluding hydrogens is 302 g/mol. The van der Waals surface area contributed by atoms with E-state index in [4.69, 9.17) is 4.74 Å². The Bertz CT molecular complexity index is 669. The molecule has 1 unspecified atom stereocenters. The number of hydrogen-bond acceptors (Lipinski definition) is 5. The van der Waals surface area contributed by atoms with E-state index in [2.05, 4.69) is 37.4 Å². The molecule has 2 aromatic heterocycles. The Morgan fingerprint density at radius 1 is 1.25 bits per heavy atom. The molecule has 0 N–H and O–H groups in total. The van der Waals surface area contributed by atoms with Crippen molar-refractivity contribution in [3.63, 3.8) is 0 Å². The summed E-state index contributed by atoms with van der Waals surface area (Å²) < 4.78 is 8.41. The minimum absolute atomic E-state index is 0.0719. The lowest BCUT2D eigenvalue weighted by Gasteiger charge is -2.48. The van der Waals surface area contributed by atoms with Crippen molar-refractivity contribution in [2.24, 2.45) is 7.05 Å². The summed E-state index contributed by atoms with van der Waals surface area (Å²) in [6.07, 6.45) is 9.95. The number of aromatic nitrogens is 3. The SMILES string of the molecule is Cn1ccnc1CN1CCOC2(CCCN(c3cccnc3)C2)C1. The summed E-state index contributed by atoms with van der Waals surface area (Å²) in [4.78, 5) is 13.6. The summed E-state index contributed by atoms with van der Waals surface area (Å²) >= 11 is 0. The van der Waals surface area contributed by atoms with Crippen LogP contribution in [0.4, 0.5) is 5.69 Å². The first-order valence-corrected chi connectivity index (χ1v) is 8.72. The van der Waals surface area contributed by atoms with Crippen LogP contribution in [0.5, 0.6) is 0 Å². The molecule has 6 nitrogen and oxygen atoms in total. The fourth-order valence-electron chi connectivity index (χ4n) is 3.91. The minimum Gasteiger partial charge on any atom is -0.370 e.